The predicted molar refractivity (Wildman–Crippen MR) is 65.9 cm³/mol. The summed E-state index contributed by atoms with van der Waals surface area (Å²) in [4.78, 5) is 11.9. The van der Waals surface area contributed by atoms with Crippen LogP contribution >= 0.6 is 15.9 Å². The van der Waals surface area contributed by atoms with Gasteiger partial charge in [-0.15, -0.1) is 0 Å². The number of hydrogen-bond acceptors (Lipinski definition) is 1. The number of halogens is 2. The Bertz CT molecular complexity index is 404. The molecule has 0 saturated carbocycles. The van der Waals surface area contributed by atoms with Crippen molar-refractivity contribution in [2.45, 2.75) is 32.7 Å². The first-order chi connectivity index (χ1) is 7.35. The van der Waals surface area contributed by atoms with E-state index in [1.54, 1.807) is 0 Å². The van der Waals surface area contributed by atoms with Crippen LogP contribution in [0.3, 0.4) is 0 Å². The maximum absolute atomic E-state index is 13.0. The number of benzene rings is 1. The Morgan fingerprint density at radius 2 is 2.12 bits per heavy atom. The zero-order valence-electron chi connectivity index (χ0n) is 9.60. The maximum Gasteiger partial charge on any atom is 0.252 e. The zero-order chi connectivity index (χ0) is 12.3. The lowest BCUT2D eigenvalue weighted by Crippen LogP contribution is -2.42. The molecule has 0 fully saturated rings. The molecule has 0 aliphatic rings. The Hall–Kier alpha value is -0.900. The fourth-order valence-electron chi connectivity index (χ4n) is 1.13. The number of carbonyl (C=O) groups is 1. The van der Waals surface area contributed by atoms with Gasteiger partial charge in [-0.2, -0.15) is 0 Å². The summed E-state index contributed by atoms with van der Waals surface area (Å²) in [5, 5.41) is 2.85. The third-order valence-electron chi connectivity index (χ3n) is 2.51. The van der Waals surface area contributed by atoms with Crippen LogP contribution in [0.5, 0.6) is 0 Å². The maximum atomic E-state index is 13.0. The van der Waals surface area contributed by atoms with Gasteiger partial charge in [0.15, 0.2) is 0 Å². The van der Waals surface area contributed by atoms with E-state index in [2.05, 4.69) is 21.2 Å². The summed E-state index contributed by atoms with van der Waals surface area (Å²) < 4.78 is 13.6. The average Bonchev–Trinajstić information content (AvgIpc) is 2.21. The van der Waals surface area contributed by atoms with Gasteiger partial charge in [-0.1, -0.05) is 6.92 Å². The second-order valence-electron chi connectivity index (χ2n) is 4.32. The highest BCUT2D eigenvalue weighted by Crippen LogP contribution is 2.19. The van der Waals surface area contributed by atoms with Crippen molar-refractivity contribution in [2.75, 3.05) is 0 Å². The van der Waals surface area contributed by atoms with Gasteiger partial charge in [0.25, 0.3) is 5.91 Å². The fraction of sp³-hybridized carbons (Fsp3) is 0.417. The first-order valence-corrected chi connectivity index (χ1v) is 5.92. The molecule has 0 unspecified atom stereocenters. The van der Waals surface area contributed by atoms with Gasteiger partial charge in [-0.3, -0.25) is 4.79 Å². The summed E-state index contributed by atoms with van der Waals surface area (Å²) >= 11 is 3.23. The third kappa shape index (κ3) is 3.30. The van der Waals surface area contributed by atoms with Crippen molar-refractivity contribution in [1.82, 2.24) is 5.32 Å². The predicted octanol–water partition coefficient (Wildman–Crippen LogP) is 3.51. The molecule has 1 amide bonds. The first kappa shape index (κ1) is 13.2. The summed E-state index contributed by atoms with van der Waals surface area (Å²) in [5.41, 5.74) is 0.0320. The van der Waals surface area contributed by atoms with Gasteiger partial charge >= 0.3 is 0 Å². The van der Waals surface area contributed by atoms with E-state index in [0.29, 0.717) is 10.0 Å². The molecule has 1 rings (SSSR count). The topological polar surface area (TPSA) is 29.1 Å². The molecule has 0 heterocycles. The lowest BCUT2D eigenvalue weighted by Gasteiger charge is -2.24. The molecule has 0 aliphatic carbocycles. The average molecular weight is 288 g/mol. The van der Waals surface area contributed by atoms with E-state index in [-0.39, 0.29) is 11.4 Å². The van der Waals surface area contributed by atoms with Crippen LogP contribution in [0.2, 0.25) is 0 Å². The molecule has 0 radical (unpaired) electrons. The summed E-state index contributed by atoms with van der Waals surface area (Å²) in [5.74, 6) is -0.680. The summed E-state index contributed by atoms with van der Waals surface area (Å²) in [7, 11) is 0. The monoisotopic (exact) mass is 287 g/mol. The second kappa shape index (κ2) is 4.95. The van der Waals surface area contributed by atoms with Crippen LogP contribution in [0.1, 0.15) is 37.6 Å². The molecule has 0 spiro atoms. The van der Waals surface area contributed by atoms with Gasteiger partial charge in [0, 0.05) is 10.0 Å². The van der Waals surface area contributed by atoms with Crippen molar-refractivity contribution < 1.29 is 9.18 Å². The van der Waals surface area contributed by atoms with Crippen LogP contribution in [-0.4, -0.2) is 11.4 Å². The molecule has 2 nitrogen and oxygen atoms in total. The van der Waals surface area contributed by atoms with E-state index < -0.39 is 5.82 Å². The Kier molecular flexibility index (Phi) is 4.08. The molecule has 4 heteroatoms. The van der Waals surface area contributed by atoms with Gasteiger partial charge < -0.3 is 5.32 Å². The Labute approximate surface area is 103 Å². The van der Waals surface area contributed by atoms with E-state index in [9.17, 15) is 9.18 Å². The third-order valence-corrected chi connectivity index (χ3v) is 3.20. The lowest BCUT2D eigenvalue weighted by atomic mass is 10.0. The molecular weight excluding hydrogens is 273 g/mol. The Morgan fingerprint density at radius 1 is 1.50 bits per heavy atom. The van der Waals surface area contributed by atoms with Crippen molar-refractivity contribution >= 4 is 21.8 Å². The quantitative estimate of drug-likeness (QED) is 0.906. The lowest BCUT2D eigenvalue weighted by molar-refractivity contribution is 0.0910. The van der Waals surface area contributed by atoms with Crippen molar-refractivity contribution in [2.24, 2.45) is 0 Å². The number of carbonyl (C=O) groups excluding carboxylic acids is 1. The van der Waals surface area contributed by atoms with E-state index in [1.165, 1.54) is 18.2 Å². The Balaban J connectivity index is 2.93. The highest BCUT2D eigenvalue weighted by atomic mass is 79.9. The molecule has 1 aromatic carbocycles. The van der Waals surface area contributed by atoms with Crippen molar-refractivity contribution in [3.63, 3.8) is 0 Å². The number of hydrogen-bond donors (Lipinski definition) is 1. The highest BCUT2D eigenvalue weighted by Gasteiger charge is 2.20. The summed E-state index contributed by atoms with van der Waals surface area (Å²) in [6.07, 6.45) is 0.811. The molecule has 16 heavy (non-hydrogen) atoms. The smallest absolute Gasteiger partial charge is 0.252 e. The summed E-state index contributed by atoms with van der Waals surface area (Å²) in [6, 6.07) is 4.07. The molecule has 0 aliphatic heterocycles. The minimum absolute atomic E-state index is 0.266. The van der Waals surface area contributed by atoms with Gasteiger partial charge in [-0.05, 0) is 54.4 Å². The SMILES string of the molecule is CCC(C)(C)NC(=O)c1cc(F)ccc1Br. The minimum atomic E-state index is -0.414. The second-order valence-corrected chi connectivity index (χ2v) is 5.17. The molecule has 1 aromatic rings. The van der Waals surface area contributed by atoms with Gasteiger partial charge in [0.2, 0.25) is 0 Å². The van der Waals surface area contributed by atoms with Crippen LogP contribution in [0.4, 0.5) is 4.39 Å². The number of amides is 1. The van der Waals surface area contributed by atoms with Crippen LogP contribution in [0.25, 0.3) is 0 Å². The zero-order valence-corrected chi connectivity index (χ0v) is 11.2. The van der Waals surface area contributed by atoms with Crippen LogP contribution in [0, 0.1) is 5.82 Å². The van der Waals surface area contributed by atoms with Gasteiger partial charge in [0.1, 0.15) is 5.82 Å². The molecule has 0 bridgehead atoms. The number of nitrogens with one attached hydrogen (secondary N) is 1. The van der Waals surface area contributed by atoms with Crippen molar-refractivity contribution in [3.05, 3.63) is 34.1 Å². The fourth-order valence-corrected chi connectivity index (χ4v) is 1.56. The first-order valence-electron chi connectivity index (χ1n) is 5.13. The van der Waals surface area contributed by atoms with Crippen molar-refractivity contribution in [1.29, 1.82) is 0 Å². The van der Waals surface area contributed by atoms with Crippen molar-refractivity contribution in [3.8, 4) is 0 Å². The molecule has 0 atom stereocenters. The summed E-state index contributed by atoms with van der Waals surface area (Å²) in [6.45, 7) is 5.84. The van der Waals surface area contributed by atoms with E-state index in [1.807, 2.05) is 20.8 Å². The van der Waals surface area contributed by atoms with Crippen LogP contribution in [0.15, 0.2) is 22.7 Å². The molecular formula is C12H15BrFNO. The van der Waals surface area contributed by atoms with E-state index >= 15 is 0 Å². The standard InChI is InChI=1S/C12H15BrFNO/c1-4-12(2,3)15-11(16)9-7-8(14)5-6-10(9)13/h5-7H,4H2,1-3H3,(H,15,16). The van der Waals surface area contributed by atoms with E-state index in [0.717, 1.165) is 6.42 Å². The Morgan fingerprint density at radius 3 is 2.69 bits per heavy atom. The van der Waals surface area contributed by atoms with E-state index in [4.69, 9.17) is 0 Å². The molecule has 88 valence electrons. The largest absolute Gasteiger partial charge is 0.347 e. The minimum Gasteiger partial charge on any atom is -0.347 e. The van der Waals surface area contributed by atoms with Crippen LogP contribution in [-0.2, 0) is 0 Å². The normalized spacial score (nSPS) is 11.3. The molecule has 1 N–H and O–H groups in total. The molecule has 0 aromatic heterocycles. The van der Waals surface area contributed by atoms with Crippen LogP contribution < -0.4 is 5.32 Å². The van der Waals surface area contributed by atoms with Gasteiger partial charge in [-0.25, -0.2) is 4.39 Å². The molecule has 0 saturated heterocycles. The highest BCUT2D eigenvalue weighted by molar-refractivity contribution is 9.10. The van der Waals surface area contributed by atoms with Gasteiger partial charge in [0.05, 0.1) is 5.56 Å². The number of rotatable bonds is 3.